The lowest BCUT2D eigenvalue weighted by molar-refractivity contribution is -0.122. The Kier molecular flexibility index (Phi) is 6.98. The highest BCUT2D eigenvalue weighted by molar-refractivity contribution is 7.90. The van der Waals surface area contributed by atoms with Crippen molar-refractivity contribution < 1.29 is 17.9 Å². The van der Waals surface area contributed by atoms with Crippen LogP contribution in [0.25, 0.3) is 0 Å². The van der Waals surface area contributed by atoms with Gasteiger partial charge in [-0.1, -0.05) is 12.1 Å². The smallest absolute Gasteiger partial charge is 0.285 e. The number of ether oxygens (including phenoxy) is 1. The fraction of sp³-hybridized carbons (Fsp3) is 0.348. The summed E-state index contributed by atoms with van der Waals surface area (Å²) in [5.41, 5.74) is 0.897. The van der Waals surface area contributed by atoms with Crippen LogP contribution in [0.1, 0.15) is 45.2 Å². The monoisotopic (exact) mass is 456 g/mol. The molecule has 0 aliphatic carbocycles. The summed E-state index contributed by atoms with van der Waals surface area (Å²) >= 11 is 0. The number of amides is 1. The fourth-order valence-corrected chi connectivity index (χ4v) is 4.34. The number of amidine groups is 1. The van der Waals surface area contributed by atoms with E-state index < -0.39 is 10.0 Å². The summed E-state index contributed by atoms with van der Waals surface area (Å²) in [7, 11) is -3.81. The molecule has 2 aromatic carbocycles. The SMILES string of the molecule is CCOc1ccc(/C=N\N(CCC(=O)NC(C)(C)C)C2=NS(=O)(=O)c3ccccc32)cc1. The molecule has 0 saturated heterocycles. The van der Waals surface area contributed by atoms with E-state index in [9.17, 15) is 13.2 Å². The molecule has 1 amide bonds. The predicted octanol–water partition coefficient (Wildman–Crippen LogP) is 3.18. The van der Waals surface area contributed by atoms with Crippen LogP contribution in [0, 0.1) is 0 Å². The number of sulfonamides is 1. The van der Waals surface area contributed by atoms with Gasteiger partial charge in [-0.3, -0.25) is 4.79 Å². The summed E-state index contributed by atoms with van der Waals surface area (Å²) < 4.78 is 34.4. The maximum atomic E-state index is 12.5. The van der Waals surface area contributed by atoms with Gasteiger partial charge in [0.05, 0.1) is 19.4 Å². The van der Waals surface area contributed by atoms with Crippen molar-refractivity contribution in [3.05, 3.63) is 59.7 Å². The van der Waals surface area contributed by atoms with Crippen LogP contribution >= 0.6 is 0 Å². The Hall–Kier alpha value is -3.20. The minimum Gasteiger partial charge on any atom is -0.494 e. The molecular weight excluding hydrogens is 428 g/mol. The number of hydrogen-bond acceptors (Lipinski definition) is 6. The molecule has 0 radical (unpaired) electrons. The highest BCUT2D eigenvalue weighted by Crippen LogP contribution is 2.27. The molecule has 3 rings (SSSR count). The molecule has 1 aliphatic rings. The molecule has 0 unspecified atom stereocenters. The van der Waals surface area contributed by atoms with Gasteiger partial charge in [-0.15, -0.1) is 4.40 Å². The van der Waals surface area contributed by atoms with Crippen LogP contribution in [0.15, 0.2) is 62.9 Å². The van der Waals surface area contributed by atoms with Crippen LogP contribution < -0.4 is 10.1 Å². The zero-order valence-corrected chi connectivity index (χ0v) is 19.5. The standard InChI is InChI=1S/C23H28N4O4S/c1-5-31-18-12-10-17(11-13-18)16-24-27(15-14-21(28)25-23(2,3)4)22-19-8-6-7-9-20(19)32(29,30)26-22/h6-13,16H,5,14-15H2,1-4H3,(H,25,28)/b24-16-. The van der Waals surface area contributed by atoms with E-state index in [2.05, 4.69) is 14.8 Å². The van der Waals surface area contributed by atoms with Crippen LogP contribution in [0.5, 0.6) is 5.75 Å². The van der Waals surface area contributed by atoms with Gasteiger partial charge in [0.2, 0.25) is 5.91 Å². The van der Waals surface area contributed by atoms with E-state index in [0.29, 0.717) is 12.2 Å². The van der Waals surface area contributed by atoms with Crippen LogP contribution in [0.3, 0.4) is 0 Å². The Morgan fingerprint density at radius 1 is 1.16 bits per heavy atom. The van der Waals surface area contributed by atoms with Crippen LogP contribution in [0.2, 0.25) is 0 Å². The summed E-state index contributed by atoms with van der Waals surface area (Å²) in [6.45, 7) is 8.35. The number of rotatable bonds is 7. The van der Waals surface area contributed by atoms with Gasteiger partial charge in [0, 0.05) is 17.5 Å². The normalized spacial score (nSPS) is 14.7. The number of carbonyl (C=O) groups is 1. The molecule has 2 aromatic rings. The second-order valence-corrected chi connectivity index (χ2v) is 9.88. The fourth-order valence-electron chi connectivity index (χ4n) is 3.13. The molecule has 0 bridgehead atoms. The topological polar surface area (TPSA) is 100 Å². The van der Waals surface area contributed by atoms with E-state index in [4.69, 9.17) is 4.74 Å². The van der Waals surface area contributed by atoms with Gasteiger partial charge in [-0.2, -0.15) is 13.5 Å². The van der Waals surface area contributed by atoms with Crippen molar-refractivity contribution in [2.24, 2.45) is 9.50 Å². The van der Waals surface area contributed by atoms with E-state index in [-0.39, 0.29) is 35.1 Å². The Morgan fingerprint density at radius 3 is 2.50 bits per heavy atom. The van der Waals surface area contributed by atoms with Gasteiger partial charge in [-0.25, -0.2) is 5.01 Å². The Morgan fingerprint density at radius 2 is 1.84 bits per heavy atom. The maximum absolute atomic E-state index is 12.5. The van der Waals surface area contributed by atoms with Crippen molar-refractivity contribution in [2.45, 2.75) is 44.6 Å². The molecular formula is C23H28N4O4S. The third kappa shape index (κ3) is 5.94. The zero-order valence-electron chi connectivity index (χ0n) is 18.7. The van der Waals surface area contributed by atoms with Crippen LogP contribution in [0.4, 0.5) is 0 Å². The van der Waals surface area contributed by atoms with Crippen molar-refractivity contribution in [3.8, 4) is 5.75 Å². The first-order chi connectivity index (χ1) is 15.1. The molecule has 170 valence electrons. The molecule has 1 aliphatic heterocycles. The highest BCUT2D eigenvalue weighted by atomic mass is 32.2. The lowest BCUT2D eigenvalue weighted by Crippen LogP contribution is -2.42. The molecule has 1 N–H and O–H groups in total. The van der Waals surface area contributed by atoms with Gasteiger partial charge in [0.15, 0.2) is 5.84 Å². The minimum absolute atomic E-state index is 0.124. The minimum atomic E-state index is -3.81. The zero-order chi connectivity index (χ0) is 23.4. The number of carbonyl (C=O) groups excluding carboxylic acids is 1. The van der Waals surface area contributed by atoms with Crippen molar-refractivity contribution in [1.82, 2.24) is 10.3 Å². The largest absolute Gasteiger partial charge is 0.494 e. The summed E-state index contributed by atoms with van der Waals surface area (Å²) in [5, 5.41) is 8.84. The van der Waals surface area contributed by atoms with Crippen LogP contribution in [-0.2, 0) is 14.8 Å². The van der Waals surface area contributed by atoms with E-state index in [0.717, 1.165) is 11.3 Å². The van der Waals surface area contributed by atoms with Crippen molar-refractivity contribution in [3.63, 3.8) is 0 Å². The highest BCUT2D eigenvalue weighted by Gasteiger charge is 2.32. The summed E-state index contributed by atoms with van der Waals surface area (Å²) in [6, 6.07) is 14.0. The van der Waals surface area contributed by atoms with Crippen LogP contribution in [-0.4, -0.2) is 50.1 Å². The lowest BCUT2D eigenvalue weighted by atomic mass is 10.1. The summed E-state index contributed by atoms with van der Waals surface area (Å²) in [4.78, 5) is 12.5. The molecule has 9 heteroatoms. The maximum Gasteiger partial charge on any atom is 0.285 e. The number of benzene rings is 2. The number of hydrazone groups is 1. The number of hydrogen-bond donors (Lipinski definition) is 1. The van der Waals surface area contributed by atoms with Gasteiger partial charge >= 0.3 is 0 Å². The molecule has 1 heterocycles. The molecule has 8 nitrogen and oxygen atoms in total. The number of nitrogens with one attached hydrogen (secondary N) is 1. The van der Waals surface area contributed by atoms with Gasteiger partial charge in [0.1, 0.15) is 10.6 Å². The van der Waals surface area contributed by atoms with E-state index >= 15 is 0 Å². The predicted molar refractivity (Wildman–Crippen MR) is 125 cm³/mol. The average molecular weight is 457 g/mol. The molecule has 0 aromatic heterocycles. The molecule has 32 heavy (non-hydrogen) atoms. The van der Waals surface area contributed by atoms with Crippen molar-refractivity contribution >= 4 is 28.0 Å². The Bertz CT molecular complexity index is 1130. The molecule has 0 saturated carbocycles. The van der Waals surface area contributed by atoms with E-state index in [1.807, 2.05) is 52.0 Å². The van der Waals surface area contributed by atoms with E-state index in [1.54, 1.807) is 24.4 Å². The van der Waals surface area contributed by atoms with Crippen molar-refractivity contribution in [1.29, 1.82) is 0 Å². The first-order valence-corrected chi connectivity index (χ1v) is 11.8. The molecule has 0 fully saturated rings. The number of nitrogens with zero attached hydrogens (tertiary/aromatic N) is 3. The second kappa shape index (κ2) is 9.52. The molecule has 0 atom stereocenters. The Labute approximate surface area is 189 Å². The van der Waals surface area contributed by atoms with Gasteiger partial charge in [-0.05, 0) is 69.7 Å². The third-order valence-electron chi connectivity index (χ3n) is 4.46. The average Bonchev–Trinajstić information content (AvgIpc) is 2.99. The Balaban J connectivity index is 1.87. The summed E-state index contributed by atoms with van der Waals surface area (Å²) in [6.07, 6.45) is 1.73. The first kappa shape index (κ1) is 23.5. The van der Waals surface area contributed by atoms with Gasteiger partial charge < -0.3 is 10.1 Å². The van der Waals surface area contributed by atoms with Gasteiger partial charge in [0.25, 0.3) is 10.0 Å². The third-order valence-corrected chi connectivity index (χ3v) is 5.78. The quantitative estimate of drug-likeness (QED) is 0.509. The van der Waals surface area contributed by atoms with E-state index in [1.165, 1.54) is 11.1 Å². The lowest BCUT2D eigenvalue weighted by Gasteiger charge is -2.22. The molecule has 0 spiro atoms. The van der Waals surface area contributed by atoms with Crippen molar-refractivity contribution in [2.75, 3.05) is 13.2 Å². The first-order valence-electron chi connectivity index (χ1n) is 10.4. The second-order valence-electron chi connectivity index (χ2n) is 8.30. The number of fused-ring (bicyclic) bond motifs is 1. The summed E-state index contributed by atoms with van der Waals surface area (Å²) in [5.74, 6) is 0.792.